The lowest BCUT2D eigenvalue weighted by Crippen LogP contribution is -2.38. The molecule has 2 N–H and O–H groups in total. The van der Waals surface area contributed by atoms with E-state index in [1.807, 2.05) is 5.32 Å². The normalized spacial score (nSPS) is 11.2. The highest BCUT2D eigenvalue weighted by molar-refractivity contribution is 7.17. The number of rotatable bonds is 5. The zero-order valence-corrected chi connectivity index (χ0v) is 9.17. The van der Waals surface area contributed by atoms with E-state index >= 15 is 0 Å². The summed E-state index contributed by atoms with van der Waals surface area (Å²) in [6, 6.07) is 2.29. The van der Waals surface area contributed by atoms with Crippen molar-refractivity contribution in [1.82, 2.24) is 5.32 Å². The Kier molecular flexibility index (Phi) is 4.07. The van der Waals surface area contributed by atoms with Crippen molar-refractivity contribution in [1.29, 1.82) is 0 Å². The molecule has 0 spiro atoms. The van der Waals surface area contributed by atoms with Crippen molar-refractivity contribution in [2.75, 3.05) is 13.2 Å². The van der Waals surface area contributed by atoms with E-state index in [1.165, 1.54) is 6.07 Å². The Balaban J connectivity index is 2.61. The molecule has 9 heteroatoms. The number of carbonyl (C=O) groups is 1. The third-order valence-electron chi connectivity index (χ3n) is 1.73. The summed E-state index contributed by atoms with van der Waals surface area (Å²) in [4.78, 5) is 20.9. The van der Waals surface area contributed by atoms with Gasteiger partial charge in [-0.3, -0.25) is 14.9 Å². The second-order valence-corrected chi connectivity index (χ2v) is 4.15. The van der Waals surface area contributed by atoms with E-state index in [-0.39, 0.29) is 9.88 Å². The lowest BCUT2D eigenvalue weighted by molar-refractivity contribution is -0.380. The summed E-state index contributed by atoms with van der Waals surface area (Å²) in [6.07, 6.45) is 0. The van der Waals surface area contributed by atoms with E-state index in [0.29, 0.717) is 11.3 Å². The molecule has 17 heavy (non-hydrogen) atoms. The van der Waals surface area contributed by atoms with Gasteiger partial charge in [-0.1, -0.05) is 11.3 Å². The van der Waals surface area contributed by atoms with Crippen molar-refractivity contribution in [3.05, 3.63) is 27.1 Å². The van der Waals surface area contributed by atoms with E-state index in [9.17, 15) is 23.7 Å². The number of halogens is 2. The zero-order valence-electron chi connectivity index (χ0n) is 8.35. The smallest absolute Gasteiger partial charge is 0.324 e. The van der Waals surface area contributed by atoms with Crippen molar-refractivity contribution in [3.63, 3.8) is 0 Å². The van der Waals surface area contributed by atoms with Crippen LogP contribution >= 0.6 is 11.3 Å². The molecule has 1 aromatic rings. The van der Waals surface area contributed by atoms with Gasteiger partial charge >= 0.3 is 5.00 Å². The van der Waals surface area contributed by atoms with E-state index in [4.69, 9.17) is 5.11 Å². The molecule has 1 aromatic heterocycles. The summed E-state index contributed by atoms with van der Waals surface area (Å²) in [6.45, 7) is -2.40. The maximum Gasteiger partial charge on any atom is 0.324 e. The highest BCUT2D eigenvalue weighted by atomic mass is 32.1. The van der Waals surface area contributed by atoms with Gasteiger partial charge in [-0.25, -0.2) is 8.78 Å². The maximum absolute atomic E-state index is 12.6. The number of hydrogen-bond acceptors (Lipinski definition) is 5. The van der Waals surface area contributed by atoms with Gasteiger partial charge in [0, 0.05) is 6.07 Å². The SMILES string of the molecule is O=C(NCC(F)(F)CO)c1ccc([N+](=O)[O-])s1. The average molecular weight is 266 g/mol. The number of thiophene rings is 1. The van der Waals surface area contributed by atoms with Crippen LogP contribution in [0.3, 0.4) is 0 Å². The number of carbonyl (C=O) groups excluding carboxylic acids is 1. The quantitative estimate of drug-likeness (QED) is 0.614. The van der Waals surface area contributed by atoms with Crippen molar-refractivity contribution in [2.45, 2.75) is 5.92 Å². The molecule has 0 aromatic carbocycles. The number of nitrogens with one attached hydrogen (secondary N) is 1. The van der Waals surface area contributed by atoms with Gasteiger partial charge in [-0.05, 0) is 6.07 Å². The molecule has 0 fully saturated rings. The summed E-state index contributed by atoms with van der Waals surface area (Å²) in [5.74, 6) is -4.24. The maximum atomic E-state index is 12.6. The number of amides is 1. The highest BCUT2D eigenvalue weighted by Crippen LogP contribution is 2.23. The monoisotopic (exact) mass is 266 g/mol. The van der Waals surface area contributed by atoms with Crippen molar-refractivity contribution in [2.24, 2.45) is 0 Å². The fourth-order valence-electron chi connectivity index (χ4n) is 0.900. The Labute approximate surface area is 98.0 Å². The molecule has 1 rings (SSSR count). The Morgan fingerprint density at radius 3 is 2.71 bits per heavy atom. The molecule has 0 aliphatic heterocycles. The molecule has 1 heterocycles. The summed E-state index contributed by atoms with van der Waals surface area (Å²) < 4.78 is 25.2. The van der Waals surface area contributed by atoms with Gasteiger partial charge in [0.1, 0.15) is 6.61 Å². The third kappa shape index (κ3) is 3.71. The van der Waals surface area contributed by atoms with E-state index in [2.05, 4.69) is 0 Å². The number of aliphatic hydroxyl groups excluding tert-OH is 1. The van der Waals surface area contributed by atoms with Crippen molar-refractivity contribution >= 4 is 22.2 Å². The summed E-state index contributed by atoms with van der Waals surface area (Å²) >= 11 is 0.589. The molecule has 94 valence electrons. The van der Waals surface area contributed by atoms with Gasteiger partial charge in [0.15, 0.2) is 0 Å². The van der Waals surface area contributed by atoms with Gasteiger partial charge in [0.05, 0.1) is 16.3 Å². The predicted molar refractivity (Wildman–Crippen MR) is 55.3 cm³/mol. The first-order valence-electron chi connectivity index (χ1n) is 4.37. The van der Waals surface area contributed by atoms with Gasteiger partial charge in [-0.15, -0.1) is 0 Å². The summed E-state index contributed by atoms with van der Waals surface area (Å²) in [5.41, 5.74) is 0. The lowest BCUT2D eigenvalue weighted by atomic mass is 10.3. The molecule has 0 atom stereocenters. The van der Waals surface area contributed by atoms with Crippen LogP contribution in [0.1, 0.15) is 9.67 Å². The van der Waals surface area contributed by atoms with Gasteiger partial charge in [0.25, 0.3) is 11.8 Å². The standard InChI is InChI=1S/C8H8F2N2O4S/c9-8(10,4-13)3-11-7(14)5-1-2-6(17-5)12(15)16/h1-2,13H,3-4H2,(H,11,14). The summed E-state index contributed by atoms with van der Waals surface area (Å²) in [5, 5.41) is 20.2. The number of alkyl halides is 2. The second kappa shape index (κ2) is 5.15. The number of nitro groups is 1. The first kappa shape index (κ1) is 13.5. The van der Waals surface area contributed by atoms with Crippen LogP contribution in [0.2, 0.25) is 0 Å². The van der Waals surface area contributed by atoms with Crippen LogP contribution in [0.15, 0.2) is 12.1 Å². The molecule has 0 aliphatic carbocycles. The first-order valence-corrected chi connectivity index (χ1v) is 5.18. The largest absolute Gasteiger partial charge is 0.390 e. The first-order chi connectivity index (χ1) is 7.85. The lowest BCUT2D eigenvalue weighted by Gasteiger charge is -2.13. The van der Waals surface area contributed by atoms with Crippen LogP contribution in [0, 0.1) is 10.1 Å². The number of hydrogen-bond donors (Lipinski definition) is 2. The molecule has 0 bridgehead atoms. The molecule has 0 unspecified atom stereocenters. The van der Waals surface area contributed by atoms with Crippen LogP contribution < -0.4 is 5.32 Å². The van der Waals surface area contributed by atoms with Crippen molar-refractivity contribution in [3.8, 4) is 0 Å². The van der Waals surface area contributed by atoms with E-state index in [1.54, 1.807) is 0 Å². The number of nitrogens with zero attached hydrogens (tertiary/aromatic N) is 1. The minimum Gasteiger partial charge on any atom is -0.390 e. The van der Waals surface area contributed by atoms with Crippen LogP contribution in [0.5, 0.6) is 0 Å². The highest BCUT2D eigenvalue weighted by Gasteiger charge is 2.28. The fourth-order valence-corrected chi connectivity index (χ4v) is 1.64. The topological polar surface area (TPSA) is 92.5 Å². The Morgan fingerprint density at radius 2 is 2.24 bits per heavy atom. The minimum atomic E-state index is -3.40. The molecular weight excluding hydrogens is 258 g/mol. The molecule has 0 saturated carbocycles. The van der Waals surface area contributed by atoms with Crippen molar-refractivity contribution < 1.29 is 23.6 Å². The zero-order chi connectivity index (χ0) is 13.1. The van der Waals surface area contributed by atoms with Crippen LogP contribution in [0.4, 0.5) is 13.8 Å². The molecular formula is C8H8F2N2O4S. The predicted octanol–water partition coefficient (Wildman–Crippen LogP) is 1.01. The minimum absolute atomic E-state index is 0.0366. The van der Waals surface area contributed by atoms with E-state index in [0.717, 1.165) is 6.07 Å². The van der Waals surface area contributed by atoms with E-state index < -0.39 is 29.9 Å². The second-order valence-electron chi connectivity index (χ2n) is 3.09. The van der Waals surface area contributed by atoms with Crippen LogP contribution in [0.25, 0.3) is 0 Å². The third-order valence-corrected chi connectivity index (χ3v) is 2.77. The Hall–Kier alpha value is -1.61. The molecule has 0 aliphatic rings. The molecule has 6 nitrogen and oxygen atoms in total. The fraction of sp³-hybridized carbons (Fsp3) is 0.375. The van der Waals surface area contributed by atoms with Gasteiger partial charge in [-0.2, -0.15) is 0 Å². The molecule has 1 amide bonds. The Morgan fingerprint density at radius 1 is 1.59 bits per heavy atom. The average Bonchev–Trinajstić information content (AvgIpc) is 2.75. The van der Waals surface area contributed by atoms with Crippen LogP contribution in [-0.2, 0) is 0 Å². The number of aliphatic hydroxyl groups is 1. The summed E-state index contributed by atoms with van der Waals surface area (Å²) in [7, 11) is 0. The van der Waals surface area contributed by atoms with Crippen LogP contribution in [-0.4, -0.2) is 35.0 Å². The van der Waals surface area contributed by atoms with Gasteiger partial charge < -0.3 is 10.4 Å². The molecule has 0 saturated heterocycles. The van der Waals surface area contributed by atoms with Gasteiger partial charge in [0.2, 0.25) is 0 Å². The Bertz CT molecular complexity index is 435. The molecule has 0 radical (unpaired) electrons.